The average Bonchev–Trinajstić information content (AvgIpc) is 3.17. The van der Waals surface area contributed by atoms with Gasteiger partial charge in [-0.1, -0.05) is 18.2 Å². The van der Waals surface area contributed by atoms with Gasteiger partial charge >= 0.3 is 0 Å². The fourth-order valence-electron chi connectivity index (χ4n) is 4.15. The van der Waals surface area contributed by atoms with Gasteiger partial charge in [-0.3, -0.25) is 4.99 Å². The lowest BCUT2D eigenvalue weighted by molar-refractivity contribution is -0.0721. The van der Waals surface area contributed by atoms with E-state index < -0.39 is 0 Å². The van der Waals surface area contributed by atoms with Crippen LogP contribution in [0.5, 0.6) is 0 Å². The lowest BCUT2D eigenvalue weighted by atomic mass is 10.1. The van der Waals surface area contributed by atoms with E-state index in [0.717, 1.165) is 58.1 Å². The Balaban J connectivity index is 0.00000240. The van der Waals surface area contributed by atoms with Gasteiger partial charge in [-0.15, -0.1) is 24.0 Å². The second-order valence-corrected chi connectivity index (χ2v) is 7.79. The highest BCUT2D eigenvalue weighted by molar-refractivity contribution is 14.0. The Kier molecular flexibility index (Phi) is 8.62. The molecule has 3 heterocycles. The molecule has 2 fully saturated rings. The summed E-state index contributed by atoms with van der Waals surface area (Å²) >= 11 is 0. The SMILES string of the molecule is CN=C(NCc1cc2ccccc2[nH]1)N1CCC(OCC2CCCCO2)CC1.I. The molecule has 0 bridgehead atoms. The number of H-pyrrole nitrogens is 1. The zero-order valence-corrected chi connectivity index (χ0v) is 19.6. The van der Waals surface area contributed by atoms with Gasteiger partial charge in [-0.05, 0) is 49.6 Å². The summed E-state index contributed by atoms with van der Waals surface area (Å²) in [5.74, 6) is 0.965. The number of fused-ring (bicyclic) bond motifs is 1. The van der Waals surface area contributed by atoms with E-state index in [1.54, 1.807) is 0 Å². The van der Waals surface area contributed by atoms with Crippen molar-refractivity contribution < 1.29 is 9.47 Å². The topological polar surface area (TPSA) is 61.9 Å². The summed E-state index contributed by atoms with van der Waals surface area (Å²) < 4.78 is 11.9. The number of ether oxygens (including phenoxy) is 2. The smallest absolute Gasteiger partial charge is 0.193 e. The van der Waals surface area contributed by atoms with Crippen molar-refractivity contribution >= 4 is 40.8 Å². The first-order valence-corrected chi connectivity index (χ1v) is 10.6. The number of guanidine groups is 1. The van der Waals surface area contributed by atoms with Gasteiger partial charge in [0.05, 0.1) is 25.4 Å². The fourth-order valence-corrected chi connectivity index (χ4v) is 4.15. The third-order valence-electron chi connectivity index (χ3n) is 5.77. The lowest BCUT2D eigenvalue weighted by Crippen LogP contribution is -2.47. The molecule has 2 N–H and O–H groups in total. The van der Waals surface area contributed by atoms with Crippen LogP contribution in [0.4, 0.5) is 0 Å². The summed E-state index contributed by atoms with van der Waals surface area (Å²) in [7, 11) is 1.86. The molecule has 7 heteroatoms. The number of halogens is 1. The molecular weight excluding hydrogens is 479 g/mol. The number of hydrogen-bond acceptors (Lipinski definition) is 3. The number of para-hydroxylation sites is 1. The first-order valence-electron chi connectivity index (χ1n) is 10.6. The molecule has 6 nitrogen and oxygen atoms in total. The van der Waals surface area contributed by atoms with Gasteiger partial charge in [0.1, 0.15) is 0 Å². The van der Waals surface area contributed by atoms with Gasteiger partial charge in [-0.25, -0.2) is 0 Å². The highest BCUT2D eigenvalue weighted by Gasteiger charge is 2.23. The number of hydrogen-bond donors (Lipinski definition) is 2. The summed E-state index contributed by atoms with van der Waals surface area (Å²) in [6, 6.07) is 10.6. The van der Waals surface area contributed by atoms with Crippen molar-refractivity contribution in [2.75, 3.05) is 33.4 Å². The van der Waals surface area contributed by atoms with Crippen LogP contribution in [0.3, 0.4) is 0 Å². The number of likely N-dealkylation sites (tertiary alicyclic amines) is 1. The van der Waals surface area contributed by atoms with Crippen molar-refractivity contribution in [1.29, 1.82) is 0 Å². The molecule has 0 aliphatic carbocycles. The molecule has 0 amide bonds. The van der Waals surface area contributed by atoms with Gasteiger partial charge in [0.2, 0.25) is 0 Å². The van der Waals surface area contributed by atoms with Crippen LogP contribution in [0.1, 0.15) is 37.8 Å². The molecule has 2 aliphatic rings. The Bertz CT molecular complexity index is 747. The van der Waals surface area contributed by atoms with Crippen LogP contribution in [-0.2, 0) is 16.0 Å². The molecule has 29 heavy (non-hydrogen) atoms. The number of nitrogens with one attached hydrogen (secondary N) is 2. The minimum atomic E-state index is 0. The van der Waals surface area contributed by atoms with Crippen LogP contribution in [0.25, 0.3) is 10.9 Å². The van der Waals surface area contributed by atoms with Crippen LogP contribution in [0.2, 0.25) is 0 Å². The minimum absolute atomic E-state index is 0. The molecule has 1 aromatic carbocycles. The quantitative estimate of drug-likeness (QED) is 0.363. The normalized spacial score (nSPS) is 21.2. The predicted molar refractivity (Wildman–Crippen MR) is 128 cm³/mol. The highest BCUT2D eigenvalue weighted by Crippen LogP contribution is 2.18. The van der Waals surface area contributed by atoms with Crippen LogP contribution in [0, 0.1) is 0 Å². The molecule has 160 valence electrons. The Morgan fingerprint density at radius 3 is 2.79 bits per heavy atom. The van der Waals surface area contributed by atoms with Gasteiger partial charge in [-0.2, -0.15) is 0 Å². The first-order chi connectivity index (χ1) is 13.8. The van der Waals surface area contributed by atoms with Crippen LogP contribution in [0.15, 0.2) is 35.3 Å². The minimum Gasteiger partial charge on any atom is -0.376 e. The molecule has 0 saturated carbocycles. The molecule has 2 saturated heterocycles. The van der Waals surface area contributed by atoms with Gasteiger partial charge in [0.15, 0.2) is 5.96 Å². The first kappa shape index (κ1) is 22.4. The number of aromatic nitrogens is 1. The molecular formula is C22H33IN4O2. The van der Waals surface area contributed by atoms with E-state index in [1.807, 2.05) is 7.05 Å². The van der Waals surface area contributed by atoms with E-state index in [2.05, 4.69) is 50.5 Å². The molecule has 1 aromatic heterocycles. The van der Waals surface area contributed by atoms with Crippen molar-refractivity contribution in [3.05, 3.63) is 36.0 Å². The number of nitrogens with zero attached hydrogens (tertiary/aromatic N) is 2. The van der Waals surface area contributed by atoms with E-state index in [4.69, 9.17) is 9.47 Å². The van der Waals surface area contributed by atoms with Crippen molar-refractivity contribution in [2.45, 2.75) is 50.9 Å². The summed E-state index contributed by atoms with van der Waals surface area (Å²) in [6.07, 6.45) is 6.33. The van der Waals surface area contributed by atoms with E-state index >= 15 is 0 Å². The van der Waals surface area contributed by atoms with E-state index in [0.29, 0.717) is 12.2 Å². The van der Waals surface area contributed by atoms with Crippen LogP contribution >= 0.6 is 24.0 Å². The van der Waals surface area contributed by atoms with E-state index in [-0.39, 0.29) is 24.0 Å². The number of benzene rings is 1. The second kappa shape index (κ2) is 11.2. The Morgan fingerprint density at radius 1 is 1.24 bits per heavy atom. The van der Waals surface area contributed by atoms with Gasteiger partial charge < -0.3 is 24.7 Å². The van der Waals surface area contributed by atoms with Crippen molar-refractivity contribution in [3.63, 3.8) is 0 Å². The maximum atomic E-state index is 6.13. The summed E-state index contributed by atoms with van der Waals surface area (Å²) in [6.45, 7) is 4.34. The maximum Gasteiger partial charge on any atom is 0.193 e. The molecule has 0 radical (unpaired) electrons. The lowest BCUT2D eigenvalue weighted by Gasteiger charge is -2.35. The molecule has 2 aliphatic heterocycles. The Hall–Kier alpha value is -1.32. The summed E-state index contributed by atoms with van der Waals surface area (Å²) in [5.41, 5.74) is 2.35. The predicted octanol–water partition coefficient (Wildman–Crippen LogP) is 3.91. The highest BCUT2D eigenvalue weighted by atomic mass is 127. The summed E-state index contributed by atoms with van der Waals surface area (Å²) in [5, 5.41) is 4.74. The Labute approximate surface area is 190 Å². The van der Waals surface area contributed by atoms with E-state index in [9.17, 15) is 0 Å². The largest absolute Gasteiger partial charge is 0.376 e. The number of rotatable bonds is 5. The number of aliphatic imine (C=N–C) groups is 1. The third kappa shape index (κ3) is 6.08. The molecule has 1 unspecified atom stereocenters. The zero-order chi connectivity index (χ0) is 19.2. The van der Waals surface area contributed by atoms with E-state index in [1.165, 1.54) is 29.4 Å². The number of piperidine rings is 1. The van der Waals surface area contributed by atoms with Crippen molar-refractivity contribution in [3.8, 4) is 0 Å². The summed E-state index contributed by atoms with van der Waals surface area (Å²) in [4.78, 5) is 10.3. The standard InChI is InChI=1S/C22H32N4O2.HI/c1-23-22(24-15-18-14-17-6-2-3-8-21(17)25-18)26-11-9-19(10-12-26)28-16-20-7-4-5-13-27-20;/h2-3,6,8,14,19-20,25H,4-5,7,9-13,15-16H2,1H3,(H,23,24);1H. The monoisotopic (exact) mass is 512 g/mol. The van der Waals surface area contributed by atoms with Crippen molar-refractivity contribution in [2.24, 2.45) is 4.99 Å². The molecule has 1 atom stereocenters. The molecule has 2 aromatic rings. The zero-order valence-electron chi connectivity index (χ0n) is 17.2. The fraction of sp³-hybridized carbons (Fsp3) is 0.591. The number of aromatic amines is 1. The Morgan fingerprint density at radius 2 is 2.07 bits per heavy atom. The van der Waals surface area contributed by atoms with Crippen LogP contribution in [-0.4, -0.2) is 61.4 Å². The van der Waals surface area contributed by atoms with Gasteiger partial charge in [0.25, 0.3) is 0 Å². The third-order valence-corrected chi connectivity index (χ3v) is 5.77. The molecule has 4 rings (SSSR count). The molecule has 0 spiro atoms. The van der Waals surface area contributed by atoms with Gasteiger partial charge in [0, 0.05) is 38.0 Å². The second-order valence-electron chi connectivity index (χ2n) is 7.79. The average molecular weight is 512 g/mol. The van der Waals surface area contributed by atoms with Crippen LogP contribution < -0.4 is 5.32 Å². The van der Waals surface area contributed by atoms with Crippen molar-refractivity contribution in [1.82, 2.24) is 15.2 Å². The maximum absolute atomic E-state index is 6.13.